The Balaban J connectivity index is 1.64. The van der Waals surface area contributed by atoms with Crippen molar-refractivity contribution in [3.8, 4) is 0 Å². The minimum atomic E-state index is -0.193. The number of nitrogens with zero attached hydrogens (tertiary/aromatic N) is 4. The Morgan fingerprint density at radius 3 is 2.43 bits per heavy atom. The molecule has 28 heavy (non-hydrogen) atoms. The third-order valence-electron chi connectivity index (χ3n) is 5.45. The highest BCUT2D eigenvalue weighted by Crippen LogP contribution is 2.11. The summed E-state index contributed by atoms with van der Waals surface area (Å²) < 4.78 is 5.09. The highest BCUT2D eigenvalue weighted by molar-refractivity contribution is 5.80. The molecule has 1 amide bonds. The van der Waals surface area contributed by atoms with Crippen LogP contribution in [0.15, 0.2) is 4.99 Å². The van der Waals surface area contributed by atoms with Crippen molar-refractivity contribution in [3.05, 3.63) is 0 Å². The first kappa shape index (κ1) is 22.7. The van der Waals surface area contributed by atoms with Crippen molar-refractivity contribution in [2.75, 3.05) is 72.6 Å². The normalized spacial score (nSPS) is 20.2. The van der Waals surface area contributed by atoms with Crippen LogP contribution in [0.2, 0.25) is 0 Å². The molecule has 162 valence electrons. The van der Waals surface area contributed by atoms with Gasteiger partial charge in [0.05, 0.1) is 6.61 Å². The first-order valence-electron chi connectivity index (χ1n) is 11.0. The summed E-state index contributed by atoms with van der Waals surface area (Å²) in [5.41, 5.74) is 0. The summed E-state index contributed by atoms with van der Waals surface area (Å²) in [6.45, 7) is 13.5. The highest BCUT2D eigenvalue weighted by atomic mass is 16.6. The number of carbonyl (C=O) groups excluding carboxylic acids is 1. The molecule has 0 aromatic carbocycles. The van der Waals surface area contributed by atoms with Crippen LogP contribution in [0.25, 0.3) is 0 Å². The van der Waals surface area contributed by atoms with E-state index in [9.17, 15) is 4.79 Å². The molecule has 2 aliphatic rings. The molecule has 2 N–H and O–H groups in total. The van der Waals surface area contributed by atoms with Crippen LogP contribution >= 0.6 is 0 Å². The van der Waals surface area contributed by atoms with Gasteiger partial charge in [-0.3, -0.25) is 4.99 Å². The number of guanidine groups is 1. The lowest BCUT2D eigenvalue weighted by Crippen LogP contribution is -2.50. The molecule has 0 aromatic heterocycles. The molecule has 2 aliphatic heterocycles. The number of likely N-dealkylation sites (N-methyl/N-ethyl adjacent to an activating group) is 1. The number of likely N-dealkylation sites (tertiary alicyclic amines) is 1. The SMILES string of the molecule is CCNC(=NCCCCN1CCN(C)CC1)NC1CCN(C(=O)OCC)CC1. The summed E-state index contributed by atoms with van der Waals surface area (Å²) in [6, 6.07) is 0.355. The maximum Gasteiger partial charge on any atom is 0.409 e. The van der Waals surface area contributed by atoms with E-state index in [-0.39, 0.29) is 6.09 Å². The number of unbranched alkanes of at least 4 members (excludes halogenated alkanes) is 1. The third kappa shape index (κ3) is 8.22. The van der Waals surface area contributed by atoms with Crippen molar-refractivity contribution in [1.29, 1.82) is 0 Å². The first-order chi connectivity index (χ1) is 13.6. The lowest BCUT2D eigenvalue weighted by atomic mass is 10.1. The smallest absolute Gasteiger partial charge is 0.409 e. The maximum atomic E-state index is 11.8. The zero-order valence-corrected chi connectivity index (χ0v) is 18.1. The Kier molecular flexibility index (Phi) is 10.4. The van der Waals surface area contributed by atoms with Crippen LogP contribution in [-0.4, -0.2) is 105 Å². The van der Waals surface area contributed by atoms with Gasteiger partial charge in [-0.15, -0.1) is 0 Å². The Morgan fingerprint density at radius 2 is 1.79 bits per heavy atom. The molecule has 8 heteroatoms. The van der Waals surface area contributed by atoms with Crippen molar-refractivity contribution in [3.63, 3.8) is 0 Å². The first-order valence-corrected chi connectivity index (χ1v) is 11.0. The lowest BCUT2D eigenvalue weighted by Gasteiger charge is -2.32. The van der Waals surface area contributed by atoms with Crippen LogP contribution in [0.3, 0.4) is 0 Å². The molecule has 0 radical (unpaired) electrons. The van der Waals surface area contributed by atoms with Gasteiger partial charge in [0.2, 0.25) is 0 Å². The Labute approximate surface area is 170 Å². The fraction of sp³-hybridized carbons (Fsp3) is 0.900. The van der Waals surface area contributed by atoms with E-state index >= 15 is 0 Å². The van der Waals surface area contributed by atoms with Gasteiger partial charge in [-0.2, -0.15) is 0 Å². The van der Waals surface area contributed by atoms with E-state index in [2.05, 4.69) is 34.4 Å². The standard InChI is InChI=1S/C20H40N6O2/c1-4-21-19(22-10-6-7-11-25-16-14-24(3)15-17-25)23-18-8-12-26(13-9-18)20(27)28-5-2/h18H,4-17H2,1-3H3,(H2,21,22,23). The lowest BCUT2D eigenvalue weighted by molar-refractivity contribution is 0.0963. The molecule has 0 aromatic rings. The largest absolute Gasteiger partial charge is 0.450 e. The van der Waals surface area contributed by atoms with Gasteiger partial charge in [0.1, 0.15) is 0 Å². The number of ether oxygens (including phenoxy) is 1. The summed E-state index contributed by atoms with van der Waals surface area (Å²) in [7, 11) is 2.20. The number of piperazine rings is 1. The average molecular weight is 397 g/mol. The highest BCUT2D eigenvalue weighted by Gasteiger charge is 2.24. The van der Waals surface area contributed by atoms with E-state index in [1.54, 1.807) is 4.90 Å². The van der Waals surface area contributed by atoms with Gasteiger partial charge in [-0.05, 0) is 53.1 Å². The second-order valence-corrected chi connectivity index (χ2v) is 7.72. The van der Waals surface area contributed by atoms with Crippen LogP contribution in [0.5, 0.6) is 0 Å². The number of carbonyl (C=O) groups is 1. The molecule has 0 bridgehead atoms. The Hall–Kier alpha value is -1.54. The molecular weight excluding hydrogens is 356 g/mol. The Bertz CT molecular complexity index is 471. The van der Waals surface area contributed by atoms with Gasteiger partial charge < -0.3 is 30.1 Å². The number of rotatable bonds is 8. The van der Waals surface area contributed by atoms with Gasteiger partial charge in [-0.25, -0.2) is 4.79 Å². The monoisotopic (exact) mass is 396 g/mol. The number of aliphatic imine (C=N–C) groups is 1. The maximum absolute atomic E-state index is 11.8. The molecule has 2 heterocycles. The van der Waals surface area contributed by atoms with Crippen LogP contribution in [0, 0.1) is 0 Å². The van der Waals surface area contributed by atoms with Crippen LogP contribution < -0.4 is 10.6 Å². The molecule has 8 nitrogen and oxygen atoms in total. The fourth-order valence-corrected chi connectivity index (χ4v) is 3.64. The van der Waals surface area contributed by atoms with E-state index in [1.165, 1.54) is 39.1 Å². The van der Waals surface area contributed by atoms with Crippen LogP contribution in [-0.2, 0) is 4.74 Å². The molecule has 2 fully saturated rings. The zero-order chi connectivity index (χ0) is 20.2. The molecular formula is C20H40N6O2. The average Bonchev–Trinajstić information content (AvgIpc) is 2.70. The summed E-state index contributed by atoms with van der Waals surface area (Å²) >= 11 is 0. The summed E-state index contributed by atoms with van der Waals surface area (Å²) in [4.78, 5) is 23.3. The van der Waals surface area contributed by atoms with Gasteiger partial charge in [0.15, 0.2) is 5.96 Å². The molecule has 0 unspecified atom stereocenters. The van der Waals surface area contributed by atoms with Crippen molar-refractivity contribution in [1.82, 2.24) is 25.3 Å². The summed E-state index contributed by atoms with van der Waals surface area (Å²) in [6.07, 6.45) is 3.97. The number of hydrogen-bond donors (Lipinski definition) is 2. The van der Waals surface area contributed by atoms with E-state index in [4.69, 9.17) is 9.73 Å². The minimum absolute atomic E-state index is 0.193. The predicted molar refractivity (Wildman–Crippen MR) is 114 cm³/mol. The van der Waals surface area contributed by atoms with E-state index < -0.39 is 0 Å². The second kappa shape index (κ2) is 12.8. The molecule has 2 rings (SSSR count). The topological polar surface area (TPSA) is 72.4 Å². The van der Waals surface area contributed by atoms with E-state index in [0.717, 1.165) is 51.4 Å². The predicted octanol–water partition coefficient (Wildman–Crippen LogP) is 1.19. The number of amides is 1. The van der Waals surface area contributed by atoms with E-state index in [0.29, 0.717) is 12.6 Å². The Morgan fingerprint density at radius 1 is 1.07 bits per heavy atom. The van der Waals surface area contributed by atoms with Crippen molar-refractivity contribution < 1.29 is 9.53 Å². The van der Waals surface area contributed by atoms with Gasteiger partial charge in [0.25, 0.3) is 0 Å². The minimum Gasteiger partial charge on any atom is -0.450 e. The quantitative estimate of drug-likeness (QED) is 0.365. The second-order valence-electron chi connectivity index (χ2n) is 7.72. The number of piperidine rings is 1. The van der Waals surface area contributed by atoms with Gasteiger partial charge in [0, 0.05) is 58.4 Å². The van der Waals surface area contributed by atoms with Crippen molar-refractivity contribution >= 4 is 12.1 Å². The molecule has 0 atom stereocenters. The van der Waals surface area contributed by atoms with Crippen molar-refractivity contribution in [2.45, 2.75) is 45.6 Å². The van der Waals surface area contributed by atoms with Crippen LogP contribution in [0.4, 0.5) is 4.79 Å². The zero-order valence-electron chi connectivity index (χ0n) is 18.1. The van der Waals surface area contributed by atoms with Crippen molar-refractivity contribution in [2.24, 2.45) is 4.99 Å². The molecule has 0 aliphatic carbocycles. The molecule has 0 saturated carbocycles. The van der Waals surface area contributed by atoms with Crippen LogP contribution in [0.1, 0.15) is 39.5 Å². The fourth-order valence-electron chi connectivity index (χ4n) is 3.64. The molecule has 0 spiro atoms. The summed E-state index contributed by atoms with van der Waals surface area (Å²) in [5.74, 6) is 0.900. The molecule has 2 saturated heterocycles. The van der Waals surface area contributed by atoms with Gasteiger partial charge in [-0.1, -0.05) is 0 Å². The van der Waals surface area contributed by atoms with Gasteiger partial charge >= 0.3 is 6.09 Å². The third-order valence-corrected chi connectivity index (χ3v) is 5.45. The van der Waals surface area contributed by atoms with E-state index in [1.807, 2.05) is 6.92 Å². The number of hydrogen-bond acceptors (Lipinski definition) is 5. The summed E-state index contributed by atoms with van der Waals surface area (Å²) in [5, 5.41) is 6.88. The number of nitrogens with one attached hydrogen (secondary N) is 2.